The van der Waals surface area contributed by atoms with E-state index in [-0.39, 0.29) is 11.4 Å². The highest BCUT2D eigenvalue weighted by Crippen LogP contribution is 2.24. The number of ether oxygens (including phenoxy) is 2. The maximum atomic E-state index is 9.10. The van der Waals surface area contributed by atoms with E-state index >= 15 is 0 Å². The Hall–Kier alpha value is -2.68. The first-order valence-corrected chi connectivity index (χ1v) is 6.21. The van der Waals surface area contributed by atoms with Crippen LogP contribution < -0.4 is 15.2 Å². The zero-order valence-electron chi connectivity index (χ0n) is 11.5. The Morgan fingerprint density at radius 2 is 2.25 bits per heavy atom. The Morgan fingerprint density at radius 3 is 2.90 bits per heavy atom. The molecule has 2 rings (SSSR count). The number of hydrogen-bond acceptors (Lipinski definition) is 5. The van der Waals surface area contributed by atoms with Crippen LogP contribution in [0.1, 0.15) is 18.1 Å². The van der Waals surface area contributed by atoms with Gasteiger partial charge in [0.15, 0.2) is 5.56 Å². The van der Waals surface area contributed by atoms with Gasteiger partial charge in [0.25, 0.3) is 5.88 Å². The van der Waals surface area contributed by atoms with Crippen LogP contribution in [0, 0.1) is 11.3 Å². The van der Waals surface area contributed by atoms with Crippen LogP contribution in [0.15, 0.2) is 24.3 Å². The van der Waals surface area contributed by atoms with Gasteiger partial charge in [-0.15, -0.1) is 5.10 Å². The van der Waals surface area contributed by atoms with Gasteiger partial charge in [-0.1, -0.05) is 12.1 Å². The number of methoxy groups -OCH3 is 1. The maximum absolute atomic E-state index is 9.10. The van der Waals surface area contributed by atoms with Crippen molar-refractivity contribution in [1.82, 2.24) is 9.78 Å². The Balaban J connectivity index is 2.16. The van der Waals surface area contributed by atoms with Crippen LogP contribution in [0.25, 0.3) is 0 Å². The summed E-state index contributed by atoms with van der Waals surface area (Å²) in [5.74, 6) is 1.34. The monoisotopic (exact) mass is 272 g/mol. The summed E-state index contributed by atoms with van der Waals surface area (Å²) < 4.78 is 12.3. The number of nitrogens with two attached hydrogens (primary N) is 1. The van der Waals surface area contributed by atoms with Crippen LogP contribution in [0.2, 0.25) is 0 Å². The van der Waals surface area contributed by atoms with E-state index in [1.54, 1.807) is 11.8 Å². The second-order valence-corrected chi connectivity index (χ2v) is 4.13. The predicted octanol–water partition coefficient (Wildman–Crippen LogP) is 1.94. The Labute approximate surface area is 117 Å². The molecule has 0 unspecified atom stereocenters. The number of benzene rings is 1. The van der Waals surface area contributed by atoms with E-state index in [4.69, 9.17) is 20.5 Å². The Bertz CT molecular complexity index is 643. The predicted molar refractivity (Wildman–Crippen MR) is 74.4 cm³/mol. The number of aryl methyl sites for hydroxylation is 1. The minimum atomic E-state index is 0.259. The minimum absolute atomic E-state index is 0.259. The molecule has 20 heavy (non-hydrogen) atoms. The van der Waals surface area contributed by atoms with Crippen LogP contribution in [-0.2, 0) is 13.2 Å². The van der Waals surface area contributed by atoms with Gasteiger partial charge in [-0.3, -0.25) is 0 Å². The highest BCUT2D eigenvalue weighted by atomic mass is 16.5. The van der Waals surface area contributed by atoms with E-state index in [2.05, 4.69) is 5.10 Å². The molecule has 0 amide bonds. The lowest BCUT2D eigenvalue weighted by atomic mass is 10.2. The Kier molecular flexibility index (Phi) is 4.11. The van der Waals surface area contributed by atoms with Gasteiger partial charge in [-0.05, 0) is 24.6 Å². The molecule has 6 heteroatoms. The molecule has 1 aromatic carbocycles. The van der Waals surface area contributed by atoms with E-state index in [0.717, 1.165) is 11.3 Å². The van der Waals surface area contributed by atoms with Crippen molar-refractivity contribution in [2.45, 2.75) is 20.1 Å². The lowest BCUT2D eigenvalue weighted by Gasteiger charge is -2.05. The molecule has 104 valence electrons. The molecule has 0 spiro atoms. The van der Waals surface area contributed by atoms with Gasteiger partial charge >= 0.3 is 0 Å². The molecular formula is C14H16N4O2. The standard InChI is InChI=1S/C14H16N4O2/c1-3-18-13(16)12(8-15)14(17-18)20-9-10-5-4-6-11(7-10)19-2/h4-7H,3,9,16H2,1-2H3. The summed E-state index contributed by atoms with van der Waals surface area (Å²) >= 11 is 0. The second kappa shape index (κ2) is 5.97. The molecule has 0 saturated carbocycles. The lowest BCUT2D eigenvalue weighted by molar-refractivity contribution is 0.288. The van der Waals surface area contributed by atoms with Crippen molar-refractivity contribution in [2.75, 3.05) is 12.8 Å². The highest BCUT2D eigenvalue weighted by Gasteiger charge is 2.15. The van der Waals surface area contributed by atoms with Crippen LogP contribution in [-0.4, -0.2) is 16.9 Å². The summed E-state index contributed by atoms with van der Waals surface area (Å²) in [6.45, 7) is 2.78. The molecular weight excluding hydrogens is 256 g/mol. The largest absolute Gasteiger partial charge is 0.497 e. The maximum Gasteiger partial charge on any atom is 0.253 e. The number of rotatable bonds is 5. The molecule has 0 aliphatic heterocycles. The topological polar surface area (TPSA) is 86.1 Å². The SMILES string of the molecule is CCn1nc(OCc2cccc(OC)c2)c(C#N)c1N. The lowest BCUT2D eigenvalue weighted by Crippen LogP contribution is -2.02. The van der Waals surface area contributed by atoms with Gasteiger partial charge in [0.2, 0.25) is 0 Å². The van der Waals surface area contributed by atoms with Crippen LogP contribution >= 0.6 is 0 Å². The number of anilines is 1. The van der Waals surface area contributed by atoms with Crippen molar-refractivity contribution in [3.63, 3.8) is 0 Å². The fourth-order valence-corrected chi connectivity index (χ4v) is 1.81. The van der Waals surface area contributed by atoms with E-state index in [0.29, 0.717) is 19.0 Å². The van der Waals surface area contributed by atoms with Crippen molar-refractivity contribution >= 4 is 5.82 Å². The zero-order chi connectivity index (χ0) is 14.5. The summed E-state index contributed by atoms with van der Waals surface area (Å²) in [6, 6.07) is 9.53. The van der Waals surface area contributed by atoms with E-state index in [9.17, 15) is 0 Å². The normalized spacial score (nSPS) is 10.1. The number of nitrogens with zero attached hydrogens (tertiary/aromatic N) is 3. The average Bonchev–Trinajstić information content (AvgIpc) is 2.80. The van der Waals surface area contributed by atoms with E-state index in [1.807, 2.05) is 37.3 Å². The molecule has 0 aliphatic carbocycles. The van der Waals surface area contributed by atoms with Gasteiger partial charge < -0.3 is 15.2 Å². The van der Waals surface area contributed by atoms with E-state index < -0.39 is 0 Å². The van der Waals surface area contributed by atoms with Gasteiger partial charge in [-0.25, -0.2) is 4.68 Å². The second-order valence-electron chi connectivity index (χ2n) is 4.13. The third-order valence-electron chi connectivity index (χ3n) is 2.88. The quantitative estimate of drug-likeness (QED) is 0.899. The molecule has 1 aromatic heterocycles. The molecule has 0 atom stereocenters. The number of aromatic nitrogens is 2. The van der Waals surface area contributed by atoms with Crippen molar-refractivity contribution in [1.29, 1.82) is 5.26 Å². The number of nitriles is 1. The summed E-state index contributed by atoms with van der Waals surface area (Å²) in [4.78, 5) is 0. The third-order valence-corrected chi connectivity index (χ3v) is 2.88. The van der Waals surface area contributed by atoms with Crippen LogP contribution in [0.5, 0.6) is 11.6 Å². The summed E-state index contributed by atoms with van der Waals surface area (Å²) in [5, 5.41) is 13.3. The highest BCUT2D eigenvalue weighted by molar-refractivity contribution is 5.55. The first kappa shape index (κ1) is 13.7. The third kappa shape index (κ3) is 2.67. The Morgan fingerprint density at radius 1 is 1.45 bits per heavy atom. The molecule has 2 N–H and O–H groups in total. The van der Waals surface area contributed by atoms with Crippen LogP contribution in [0.3, 0.4) is 0 Å². The molecule has 0 aliphatic rings. The van der Waals surface area contributed by atoms with Crippen molar-refractivity contribution in [3.05, 3.63) is 35.4 Å². The van der Waals surface area contributed by atoms with E-state index in [1.165, 1.54) is 0 Å². The summed E-state index contributed by atoms with van der Waals surface area (Å²) in [5.41, 5.74) is 7.02. The summed E-state index contributed by atoms with van der Waals surface area (Å²) in [7, 11) is 1.61. The molecule has 0 radical (unpaired) electrons. The van der Waals surface area contributed by atoms with Gasteiger partial charge in [0, 0.05) is 6.54 Å². The van der Waals surface area contributed by atoms with Gasteiger partial charge in [0.1, 0.15) is 24.2 Å². The number of nitrogen functional groups attached to an aromatic ring is 1. The summed E-state index contributed by atoms with van der Waals surface area (Å²) in [6.07, 6.45) is 0. The smallest absolute Gasteiger partial charge is 0.253 e. The van der Waals surface area contributed by atoms with Gasteiger partial charge in [0.05, 0.1) is 7.11 Å². The molecule has 0 bridgehead atoms. The van der Waals surface area contributed by atoms with Crippen molar-refractivity contribution < 1.29 is 9.47 Å². The first-order chi connectivity index (χ1) is 9.69. The first-order valence-electron chi connectivity index (χ1n) is 6.21. The average molecular weight is 272 g/mol. The van der Waals surface area contributed by atoms with Crippen molar-refractivity contribution in [2.24, 2.45) is 0 Å². The number of hydrogen-bond donors (Lipinski definition) is 1. The van der Waals surface area contributed by atoms with Gasteiger partial charge in [-0.2, -0.15) is 5.26 Å². The molecule has 6 nitrogen and oxygen atoms in total. The minimum Gasteiger partial charge on any atom is -0.497 e. The molecule has 2 aromatic rings. The fraction of sp³-hybridized carbons (Fsp3) is 0.286. The van der Waals surface area contributed by atoms with Crippen LogP contribution in [0.4, 0.5) is 5.82 Å². The zero-order valence-corrected chi connectivity index (χ0v) is 11.5. The fourth-order valence-electron chi connectivity index (χ4n) is 1.81. The molecule has 0 saturated heterocycles. The molecule has 0 fully saturated rings. The van der Waals surface area contributed by atoms with Crippen molar-refractivity contribution in [3.8, 4) is 17.7 Å². The molecule has 1 heterocycles.